The molecule has 1 aromatic carbocycles. The van der Waals surface area contributed by atoms with Crippen molar-refractivity contribution in [2.24, 2.45) is 5.92 Å². The number of piperidine rings is 1. The fourth-order valence-electron chi connectivity index (χ4n) is 3.31. The Labute approximate surface area is 167 Å². The first-order chi connectivity index (χ1) is 13.6. The molecule has 3 rings (SSSR count). The molecular weight excluding hydrogens is 352 g/mol. The minimum absolute atomic E-state index is 0.0832. The average Bonchev–Trinajstić information content (AvgIpc) is 2.74. The zero-order valence-electron chi connectivity index (χ0n) is 17.0. The maximum atomic E-state index is 12.3. The molecule has 1 aliphatic heterocycles. The van der Waals surface area contributed by atoms with Gasteiger partial charge in [0.15, 0.2) is 0 Å². The van der Waals surface area contributed by atoms with Crippen molar-refractivity contribution in [2.75, 3.05) is 18.0 Å². The third-order valence-electron chi connectivity index (χ3n) is 5.37. The van der Waals surface area contributed by atoms with Crippen molar-refractivity contribution >= 4 is 11.7 Å². The van der Waals surface area contributed by atoms with Gasteiger partial charge in [0.05, 0.1) is 0 Å². The normalized spacial score (nSPS) is 15.9. The first kappa shape index (κ1) is 20.1. The van der Waals surface area contributed by atoms with Gasteiger partial charge in [-0.15, -0.1) is 0 Å². The monoisotopic (exact) mass is 382 g/mol. The van der Waals surface area contributed by atoms with Crippen molar-refractivity contribution in [2.45, 2.75) is 52.5 Å². The number of carbonyl (C=O) groups is 1. The lowest BCUT2D eigenvalue weighted by Crippen LogP contribution is -2.43. The van der Waals surface area contributed by atoms with Crippen LogP contribution in [0.3, 0.4) is 0 Å². The van der Waals surface area contributed by atoms with E-state index in [0.717, 1.165) is 50.3 Å². The Balaban J connectivity index is 1.58. The molecule has 2 heterocycles. The van der Waals surface area contributed by atoms with Crippen LogP contribution in [0.5, 0.6) is 11.6 Å². The first-order valence-electron chi connectivity index (χ1n) is 10.2. The van der Waals surface area contributed by atoms with Crippen LogP contribution in [0.2, 0.25) is 0 Å². The number of benzene rings is 1. The molecule has 28 heavy (non-hydrogen) atoms. The predicted octanol–water partition coefficient (Wildman–Crippen LogP) is 3.96. The maximum Gasteiger partial charge on any atom is 0.224 e. The van der Waals surface area contributed by atoms with E-state index in [1.54, 1.807) is 0 Å². The van der Waals surface area contributed by atoms with Gasteiger partial charge in [-0.2, -0.15) is 0 Å². The molecule has 1 saturated heterocycles. The second-order valence-electron chi connectivity index (χ2n) is 7.39. The fourth-order valence-corrected chi connectivity index (χ4v) is 3.31. The van der Waals surface area contributed by atoms with Gasteiger partial charge in [-0.25, -0.2) is 9.97 Å². The highest BCUT2D eigenvalue weighted by molar-refractivity contribution is 5.79. The van der Waals surface area contributed by atoms with E-state index in [1.807, 2.05) is 25.1 Å². The lowest BCUT2D eigenvalue weighted by molar-refractivity contribution is -0.126. The number of aromatic nitrogens is 2. The van der Waals surface area contributed by atoms with Crippen LogP contribution in [-0.4, -0.2) is 35.0 Å². The van der Waals surface area contributed by atoms with Gasteiger partial charge in [-0.3, -0.25) is 4.79 Å². The molecule has 0 radical (unpaired) electrons. The summed E-state index contributed by atoms with van der Waals surface area (Å²) in [6.07, 6.45) is 5.16. The number of nitrogens with one attached hydrogen (secondary N) is 1. The van der Waals surface area contributed by atoms with Crippen LogP contribution in [-0.2, 0) is 11.2 Å². The SMILES string of the molecule is CCc1ccc(Oc2cc(N3CCC(C(=O)NC(C)CC)CC3)ncn2)cc1. The number of rotatable bonds is 7. The predicted molar refractivity (Wildman–Crippen MR) is 111 cm³/mol. The number of amides is 1. The molecule has 1 N–H and O–H groups in total. The van der Waals surface area contributed by atoms with Crippen LogP contribution in [0, 0.1) is 5.92 Å². The van der Waals surface area contributed by atoms with E-state index in [0.29, 0.717) is 5.88 Å². The van der Waals surface area contributed by atoms with Crippen LogP contribution in [0.4, 0.5) is 5.82 Å². The van der Waals surface area contributed by atoms with Crippen molar-refractivity contribution in [3.63, 3.8) is 0 Å². The molecule has 0 saturated carbocycles. The third kappa shape index (κ3) is 5.21. The van der Waals surface area contributed by atoms with E-state index in [2.05, 4.69) is 46.2 Å². The molecular formula is C22H30N4O2. The minimum atomic E-state index is 0.0832. The topological polar surface area (TPSA) is 67.3 Å². The standard InChI is InChI=1S/C22H30N4O2/c1-4-16(3)25-22(27)18-10-12-26(13-11-18)20-14-21(24-15-23-20)28-19-8-6-17(5-2)7-9-19/h6-9,14-16,18H,4-5,10-13H2,1-3H3,(H,25,27). The lowest BCUT2D eigenvalue weighted by Gasteiger charge is -2.32. The van der Waals surface area contributed by atoms with E-state index in [4.69, 9.17) is 4.74 Å². The van der Waals surface area contributed by atoms with Crippen LogP contribution in [0.1, 0.15) is 45.6 Å². The molecule has 2 aromatic rings. The van der Waals surface area contributed by atoms with Gasteiger partial charge in [0, 0.05) is 31.1 Å². The average molecular weight is 383 g/mol. The third-order valence-corrected chi connectivity index (χ3v) is 5.37. The smallest absolute Gasteiger partial charge is 0.224 e. The van der Waals surface area contributed by atoms with Gasteiger partial charge in [-0.1, -0.05) is 26.0 Å². The molecule has 1 atom stereocenters. The summed E-state index contributed by atoms with van der Waals surface area (Å²) in [4.78, 5) is 23.2. The van der Waals surface area contributed by atoms with Gasteiger partial charge < -0.3 is 15.0 Å². The van der Waals surface area contributed by atoms with Gasteiger partial charge in [-0.05, 0) is 50.3 Å². The van der Waals surface area contributed by atoms with E-state index < -0.39 is 0 Å². The molecule has 6 nitrogen and oxygen atoms in total. The highest BCUT2D eigenvalue weighted by atomic mass is 16.5. The lowest BCUT2D eigenvalue weighted by atomic mass is 9.95. The van der Waals surface area contributed by atoms with Crippen molar-refractivity contribution in [3.05, 3.63) is 42.2 Å². The molecule has 1 aliphatic rings. The van der Waals surface area contributed by atoms with Gasteiger partial charge >= 0.3 is 0 Å². The summed E-state index contributed by atoms with van der Waals surface area (Å²) in [6, 6.07) is 10.1. The number of aryl methyl sites for hydroxylation is 1. The summed E-state index contributed by atoms with van der Waals surface area (Å²) < 4.78 is 5.88. The summed E-state index contributed by atoms with van der Waals surface area (Å²) in [6.45, 7) is 7.87. The largest absolute Gasteiger partial charge is 0.439 e. The Kier molecular flexibility index (Phi) is 6.85. The van der Waals surface area contributed by atoms with Crippen molar-refractivity contribution < 1.29 is 9.53 Å². The summed E-state index contributed by atoms with van der Waals surface area (Å²) in [7, 11) is 0. The van der Waals surface area contributed by atoms with Crippen LogP contribution < -0.4 is 15.0 Å². The number of carbonyl (C=O) groups excluding carboxylic acids is 1. The second kappa shape index (κ2) is 9.53. The van der Waals surface area contributed by atoms with Crippen molar-refractivity contribution in [1.82, 2.24) is 15.3 Å². The summed E-state index contributed by atoms with van der Waals surface area (Å²) >= 11 is 0. The van der Waals surface area contributed by atoms with E-state index in [-0.39, 0.29) is 17.9 Å². The Hall–Kier alpha value is -2.63. The Bertz CT molecular complexity index is 770. The molecule has 6 heteroatoms. The number of hydrogen-bond donors (Lipinski definition) is 1. The fraction of sp³-hybridized carbons (Fsp3) is 0.500. The molecule has 1 amide bonds. The van der Waals surface area contributed by atoms with E-state index in [1.165, 1.54) is 11.9 Å². The number of hydrogen-bond acceptors (Lipinski definition) is 5. The molecule has 1 aromatic heterocycles. The number of ether oxygens (including phenoxy) is 1. The van der Waals surface area contributed by atoms with E-state index >= 15 is 0 Å². The Morgan fingerprint density at radius 2 is 1.93 bits per heavy atom. The molecule has 150 valence electrons. The van der Waals surface area contributed by atoms with Gasteiger partial charge in [0.1, 0.15) is 17.9 Å². The quantitative estimate of drug-likeness (QED) is 0.785. The Morgan fingerprint density at radius 3 is 2.57 bits per heavy atom. The zero-order chi connectivity index (χ0) is 19.9. The highest BCUT2D eigenvalue weighted by Gasteiger charge is 2.26. The highest BCUT2D eigenvalue weighted by Crippen LogP contribution is 2.26. The molecule has 0 aliphatic carbocycles. The number of nitrogens with zero attached hydrogens (tertiary/aromatic N) is 3. The molecule has 1 fully saturated rings. The Morgan fingerprint density at radius 1 is 1.21 bits per heavy atom. The zero-order valence-corrected chi connectivity index (χ0v) is 17.0. The molecule has 0 spiro atoms. The molecule has 0 bridgehead atoms. The van der Waals surface area contributed by atoms with Crippen LogP contribution in [0.25, 0.3) is 0 Å². The van der Waals surface area contributed by atoms with Crippen LogP contribution >= 0.6 is 0 Å². The van der Waals surface area contributed by atoms with Crippen molar-refractivity contribution in [3.8, 4) is 11.6 Å². The first-order valence-corrected chi connectivity index (χ1v) is 10.2. The second-order valence-corrected chi connectivity index (χ2v) is 7.39. The van der Waals surface area contributed by atoms with Crippen molar-refractivity contribution in [1.29, 1.82) is 0 Å². The minimum Gasteiger partial charge on any atom is -0.439 e. The van der Waals surface area contributed by atoms with Crippen LogP contribution in [0.15, 0.2) is 36.7 Å². The van der Waals surface area contributed by atoms with E-state index in [9.17, 15) is 4.79 Å². The summed E-state index contributed by atoms with van der Waals surface area (Å²) in [5, 5.41) is 3.10. The van der Waals surface area contributed by atoms with Gasteiger partial charge in [0.25, 0.3) is 0 Å². The summed E-state index contributed by atoms with van der Waals surface area (Å²) in [5.41, 5.74) is 1.27. The number of anilines is 1. The molecule has 1 unspecified atom stereocenters. The summed E-state index contributed by atoms with van der Waals surface area (Å²) in [5.74, 6) is 2.40. The maximum absolute atomic E-state index is 12.3. The van der Waals surface area contributed by atoms with Gasteiger partial charge in [0.2, 0.25) is 11.8 Å².